The van der Waals surface area contributed by atoms with E-state index < -0.39 is 4.92 Å². The maximum Gasteiger partial charge on any atom is 0.269 e. The van der Waals surface area contributed by atoms with Crippen molar-refractivity contribution in [2.24, 2.45) is 0 Å². The normalized spacial score (nSPS) is 10.7. The first-order chi connectivity index (χ1) is 12.9. The Morgan fingerprint density at radius 2 is 1.93 bits per heavy atom. The van der Waals surface area contributed by atoms with Crippen LogP contribution in [0.2, 0.25) is 0 Å². The van der Waals surface area contributed by atoms with Crippen molar-refractivity contribution >= 4 is 38.7 Å². The van der Waals surface area contributed by atoms with Crippen LogP contribution in [-0.2, 0) is 6.42 Å². The monoisotopic (exact) mass is 381 g/mol. The molecule has 0 saturated heterocycles. The number of nitrogens with zero attached hydrogens (tertiary/aromatic N) is 2. The molecule has 0 radical (unpaired) electrons. The second kappa shape index (κ2) is 7.67. The number of nitro benzene ring substituents is 1. The third kappa shape index (κ3) is 4.03. The van der Waals surface area contributed by atoms with Crippen LogP contribution in [0.1, 0.15) is 41.2 Å². The molecule has 0 fully saturated rings. The Balaban J connectivity index is 1.90. The van der Waals surface area contributed by atoms with Crippen LogP contribution in [-0.4, -0.2) is 15.7 Å². The largest absolute Gasteiger partial charge is 0.397 e. The third-order valence-electron chi connectivity index (χ3n) is 4.15. The Morgan fingerprint density at radius 3 is 2.56 bits per heavy atom. The van der Waals surface area contributed by atoms with E-state index in [9.17, 15) is 14.9 Å². The number of allylic oxidation sites excluding steroid dienone is 2. The highest BCUT2D eigenvalue weighted by atomic mass is 32.1. The summed E-state index contributed by atoms with van der Waals surface area (Å²) in [7, 11) is 0. The molecule has 2 N–H and O–H groups in total. The van der Waals surface area contributed by atoms with Gasteiger partial charge in [0.1, 0.15) is 9.71 Å². The van der Waals surface area contributed by atoms with Crippen LogP contribution < -0.4 is 5.73 Å². The van der Waals surface area contributed by atoms with E-state index in [0.717, 1.165) is 28.8 Å². The number of hydrogen-bond donors (Lipinski definition) is 1. The van der Waals surface area contributed by atoms with Gasteiger partial charge in [0, 0.05) is 28.8 Å². The van der Waals surface area contributed by atoms with Gasteiger partial charge in [0.25, 0.3) is 5.69 Å². The van der Waals surface area contributed by atoms with E-state index in [2.05, 4.69) is 24.9 Å². The number of benzene rings is 1. The summed E-state index contributed by atoms with van der Waals surface area (Å²) in [6, 6.07) is 9.36. The first-order valence-electron chi connectivity index (χ1n) is 8.47. The number of carbonyl (C=O) groups is 1. The number of hydrogen-bond acceptors (Lipinski definition) is 6. The second-order valence-corrected chi connectivity index (χ2v) is 7.45. The van der Waals surface area contributed by atoms with Crippen LogP contribution in [0.4, 0.5) is 11.4 Å². The molecule has 2 heterocycles. The van der Waals surface area contributed by atoms with Gasteiger partial charge < -0.3 is 5.73 Å². The maximum atomic E-state index is 12.8. The zero-order valence-electron chi connectivity index (χ0n) is 15.1. The van der Waals surface area contributed by atoms with Gasteiger partial charge in [-0.25, -0.2) is 4.98 Å². The number of nitro groups is 1. The van der Waals surface area contributed by atoms with Gasteiger partial charge in [0.15, 0.2) is 0 Å². The number of nitrogen functional groups attached to an aromatic ring is 1. The molecule has 0 aliphatic heterocycles. The summed E-state index contributed by atoms with van der Waals surface area (Å²) in [5.41, 5.74) is 9.11. The number of fused-ring (bicyclic) bond motifs is 1. The molecule has 0 amide bonds. The van der Waals surface area contributed by atoms with E-state index in [-0.39, 0.29) is 11.5 Å². The number of ketones is 1. The van der Waals surface area contributed by atoms with Crippen LogP contribution in [0, 0.1) is 10.1 Å². The van der Waals surface area contributed by atoms with Crippen LogP contribution >= 0.6 is 11.3 Å². The molecule has 0 aliphatic carbocycles. The first kappa shape index (κ1) is 18.7. The topological polar surface area (TPSA) is 99.1 Å². The minimum Gasteiger partial charge on any atom is -0.397 e. The van der Waals surface area contributed by atoms with Crippen molar-refractivity contribution < 1.29 is 9.72 Å². The fraction of sp³-hybridized carbons (Fsp3) is 0.200. The number of aryl methyl sites for hydroxylation is 1. The summed E-state index contributed by atoms with van der Waals surface area (Å²) in [5.74, 6) is -0.253. The Labute approximate surface area is 160 Å². The predicted octanol–water partition coefficient (Wildman–Crippen LogP) is 4.92. The van der Waals surface area contributed by atoms with Gasteiger partial charge in [-0.05, 0) is 51.0 Å². The molecular formula is C20H19N3O3S. The van der Waals surface area contributed by atoms with Crippen LogP contribution in [0.15, 0.2) is 48.0 Å². The van der Waals surface area contributed by atoms with Gasteiger partial charge in [-0.15, -0.1) is 11.3 Å². The van der Waals surface area contributed by atoms with E-state index in [1.165, 1.54) is 41.2 Å². The number of non-ortho nitro benzene ring substituents is 1. The molecule has 1 aromatic carbocycles. The minimum absolute atomic E-state index is 0.0569. The van der Waals surface area contributed by atoms with E-state index >= 15 is 0 Å². The van der Waals surface area contributed by atoms with Crippen LogP contribution in [0.3, 0.4) is 0 Å². The van der Waals surface area contributed by atoms with E-state index in [4.69, 9.17) is 5.73 Å². The molecule has 0 spiro atoms. The fourth-order valence-corrected chi connectivity index (χ4v) is 3.79. The average Bonchev–Trinajstić information content (AvgIpc) is 2.97. The molecule has 7 heteroatoms. The summed E-state index contributed by atoms with van der Waals surface area (Å²) < 4.78 is 0. The number of aromatic nitrogens is 1. The summed E-state index contributed by atoms with van der Waals surface area (Å²) >= 11 is 1.26. The summed E-state index contributed by atoms with van der Waals surface area (Å²) in [6.07, 6.45) is 3.90. The van der Waals surface area contributed by atoms with Crippen molar-refractivity contribution in [3.63, 3.8) is 0 Å². The molecule has 27 heavy (non-hydrogen) atoms. The summed E-state index contributed by atoms with van der Waals surface area (Å²) in [6.45, 7) is 4.12. The number of nitrogens with two attached hydrogens (primary N) is 1. The fourth-order valence-electron chi connectivity index (χ4n) is 2.72. The lowest BCUT2D eigenvalue weighted by atomic mass is 10.1. The summed E-state index contributed by atoms with van der Waals surface area (Å²) in [4.78, 5) is 28.8. The number of pyridine rings is 1. The van der Waals surface area contributed by atoms with Gasteiger partial charge in [-0.2, -0.15) is 0 Å². The highest BCUT2D eigenvalue weighted by Crippen LogP contribution is 2.34. The number of rotatable bonds is 6. The summed E-state index contributed by atoms with van der Waals surface area (Å²) in [5, 5.41) is 11.5. The molecule has 0 saturated carbocycles. The van der Waals surface area contributed by atoms with E-state index in [1.54, 1.807) is 0 Å². The van der Waals surface area contributed by atoms with Crippen molar-refractivity contribution in [3.05, 3.63) is 74.3 Å². The van der Waals surface area contributed by atoms with Crippen LogP contribution in [0.25, 0.3) is 10.2 Å². The zero-order chi connectivity index (χ0) is 19.6. The predicted molar refractivity (Wildman–Crippen MR) is 108 cm³/mol. The Bertz CT molecular complexity index is 1050. The van der Waals surface area contributed by atoms with E-state index in [0.29, 0.717) is 16.1 Å². The number of thiophene rings is 1. The molecule has 0 unspecified atom stereocenters. The van der Waals surface area contributed by atoms with Crippen molar-refractivity contribution in [1.82, 2.24) is 4.98 Å². The van der Waals surface area contributed by atoms with E-state index in [1.807, 2.05) is 12.1 Å². The van der Waals surface area contributed by atoms with Crippen molar-refractivity contribution in [2.75, 3.05) is 5.73 Å². The molecule has 6 nitrogen and oxygen atoms in total. The zero-order valence-corrected chi connectivity index (χ0v) is 15.9. The Kier molecular flexibility index (Phi) is 5.32. The molecule has 2 aromatic heterocycles. The van der Waals surface area contributed by atoms with Gasteiger partial charge in [-0.3, -0.25) is 14.9 Å². The van der Waals surface area contributed by atoms with Gasteiger partial charge >= 0.3 is 0 Å². The quantitative estimate of drug-likeness (QED) is 0.283. The smallest absolute Gasteiger partial charge is 0.269 e. The lowest BCUT2D eigenvalue weighted by Crippen LogP contribution is -2.02. The lowest BCUT2D eigenvalue weighted by Gasteiger charge is -2.00. The molecule has 3 rings (SSSR count). The second-order valence-electron chi connectivity index (χ2n) is 6.45. The van der Waals surface area contributed by atoms with Gasteiger partial charge in [0.2, 0.25) is 5.78 Å². The van der Waals surface area contributed by atoms with Gasteiger partial charge in [0.05, 0.1) is 10.6 Å². The molecular weight excluding hydrogens is 362 g/mol. The first-order valence-corrected chi connectivity index (χ1v) is 9.29. The molecule has 0 bridgehead atoms. The SMILES string of the molecule is CC(C)=CCCc1ccc2c(N)c(C(=O)c3ccc([N+](=O)[O-])cc3)sc2n1. The van der Waals surface area contributed by atoms with Crippen LogP contribution in [0.5, 0.6) is 0 Å². The standard InChI is InChI=1S/C20H19N3O3S/c1-12(2)4-3-5-14-8-11-16-17(21)19(27-20(16)22-14)18(24)13-6-9-15(10-7-13)23(25)26/h4,6-11H,3,5,21H2,1-2H3. The highest BCUT2D eigenvalue weighted by Gasteiger charge is 2.19. The lowest BCUT2D eigenvalue weighted by molar-refractivity contribution is -0.384. The Hall–Kier alpha value is -3.06. The van der Waals surface area contributed by atoms with Crippen molar-refractivity contribution in [1.29, 1.82) is 0 Å². The highest BCUT2D eigenvalue weighted by molar-refractivity contribution is 7.21. The molecule has 138 valence electrons. The van der Waals surface area contributed by atoms with Gasteiger partial charge in [-0.1, -0.05) is 11.6 Å². The molecule has 3 aromatic rings. The average molecular weight is 381 g/mol. The minimum atomic E-state index is -0.497. The number of anilines is 1. The molecule has 0 aliphatic rings. The van der Waals surface area contributed by atoms with Crippen molar-refractivity contribution in [3.8, 4) is 0 Å². The number of carbonyl (C=O) groups excluding carboxylic acids is 1. The third-order valence-corrected chi connectivity index (χ3v) is 5.27. The maximum absolute atomic E-state index is 12.8. The molecule has 0 atom stereocenters. The van der Waals surface area contributed by atoms with Crippen molar-refractivity contribution in [2.45, 2.75) is 26.7 Å². The Morgan fingerprint density at radius 1 is 1.22 bits per heavy atom.